The molecular weight excluding hydrogens is 283 g/mol. The Hall–Kier alpha value is -2.31. The Balaban J connectivity index is 1.88. The summed E-state index contributed by atoms with van der Waals surface area (Å²) >= 11 is 0. The van der Waals surface area contributed by atoms with Gasteiger partial charge in [-0.05, 0) is 29.7 Å². The van der Waals surface area contributed by atoms with Gasteiger partial charge >= 0.3 is 12.1 Å². The highest BCUT2D eigenvalue weighted by atomic mass is 19.4. The third-order valence-electron chi connectivity index (χ3n) is 3.53. The number of carbonyl (C=O) groups excluding carboxylic acids is 1. The van der Waals surface area contributed by atoms with Crippen LogP contribution in [0.2, 0.25) is 0 Å². The summed E-state index contributed by atoms with van der Waals surface area (Å²) in [6, 6.07) is 5.58. The predicted molar refractivity (Wildman–Crippen MR) is 68.7 cm³/mol. The molecule has 1 aromatic heterocycles. The van der Waals surface area contributed by atoms with Crippen molar-refractivity contribution in [2.75, 3.05) is 6.54 Å². The van der Waals surface area contributed by atoms with Crippen LogP contribution in [0.4, 0.5) is 13.2 Å². The van der Waals surface area contributed by atoms with Crippen LogP contribution in [-0.2, 0) is 17.8 Å². The topological polar surface area (TPSA) is 38.1 Å². The third kappa shape index (κ3) is 2.63. The molecule has 0 radical (unpaired) electrons. The number of hydrogen-bond donors (Lipinski definition) is 0. The van der Waals surface area contributed by atoms with E-state index in [0.29, 0.717) is 6.42 Å². The van der Waals surface area contributed by atoms with E-state index in [-0.39, 0.29) is 13.1 Å². The van der Waals surface area contributed by atoms with Gasteiger partial charge in [0.1, 0.15) is 0 Å². The molecule has 0 bridgehead atoms. The van der Waals surface area contributed by atoms with Crippen molar-refractivity contribution in [2.45, 2.75) is 19.1 Å². The van der Waals surface area contributed by atoms with Gasteiger partial charge in [-0.3, -0.25) is 4.79 Å². The van der Waals surface area contributed by atoms with E-state index in [1.807, 2.05) is 12.1 Å². The number of imidazole rings is 1. The molecule has 7 heteroatoms. The maximum atomic E-state index is 12.5. The Morgan fingerprint density at radius 1 is 1.24 bits per heavy atom. The summed E-state index contributed by atoms with van der Waals surface area (Å²) < 4.78 is 39.3. The summed E-state index contributed by atoms with van der Waals surface area (Å²) in [5.74, 6) is -1.78. The fourth-order valence-electron chi connectivity index (χ4n) is 2.47. The van der Waals surface area contributed by atoms with Crippen LogP contribution in [0.3, 0.4) is 0 Å². The zero-order valence-corrected chi connectivity index (χ0v) is 11.0. The van der Waals surface area contributed by atoms with Crippen LogP contribution >= 0.6 is 0 Å². The number of alkyl halides is 3. The first-order chi connectivity index (χ1) is 9.95. The second-order valence-electron chi connectivity index (χ2n) is 4.90. The maximum Gasteiger partial charge on any atom is 0.471 e. The summed E-state index contributed by atoms with van der Waals surface area (Å²) in [5, 5.41) is 0. The van der Waals surface area contributed by atoms with Crippen molar-refractivity contribution in [3.05, 3.63) is 48.0 Å². The van der Waals surface area contributed by atoms with Crippen molar-refractivity contribution in [3.8, 4) is 5.69 Å². The van der Waals surface area contributed by atoms with Gasteiger partial charge in [-0.15, -0.1) is 0 Å². The van der Waals surface area contributed by atoms with Crippen LogP contribution in [0.5, 0.6) is 0 Å². The highest BCUT2D eigenvalue weighted by Gasteiger charge is 2.43. The van der Waals surface area contributed by atoms with Crippen molar-refractivity contribution < 1.29 is 18.0 Å². The second kappa shape index (κ2) is 4.91. The van der Waals surface area contributed by atoms with E-state index in [1.54, 1.807) is 29.4 Å². The van der Waals surface area contributed by atoms with E-state index >= 15 is 0 Å². The zero-order valence-electron chi connectivity index (χ0n) is 11.0. The number of amides is 1. The number of hydrogen-bond acceptors (Lipinski definition) is 2. The minimum Gasteiger partial charge on any atom is -0.330 e. The molecule has 2 heterocycles. The molecule has 0 fully saturated rings. The maximum absolute atomic E-state index is 12.5. The number of halogens is 3. The van der Waals surface area contributed by atoms with E-state index in [4.69, 9.17) is 0 Å². The van der Waals surface area contributed by atoms with Gasteiger partial charge in [0.2, 0.25) is 0 Å². The lowest BCUT2D eigenvalue weighted by Crippen LogP contribution is -2.43. The molecule has 110 valence electrons. The van der Waals surface area contributed by atoms with Crippen LogP contribution in [0, 0.1) is 0 Å². The standard InChI is InChI=1S/C14H12F3N3O/c15-14(16,17)13(21)19-5-3-10-1-2-12(7-11(10)8-19)20-6-4-18-9-20/h1-2,4,6-7,9H,3,5,8H2. The van der Waals surface area contributed by atoms with Gasteiger partial charge in [-0.25, -0.2) is 4.98 Å². The van der Waals surface area contributed by atoms with Crippen LogP contribution < -0.4 is 0 Å². The van der Waals surface area contributed by atoms with Gasteiger partial charge in [-0.2, -0.15) is 13.2 Å². The van der Waals surface area contributed by atoms with Crippen LogP contribution in [0.1, 0.15) is 11.1 Å². The Kier molecular flexibility index (Phi) is 3.19. The van der Waals surface area contributed by atoms with Gasteiger partial charge in [0.15, 0.2) is 0 Å². The minimum atomic E-state index is -4.82. The van der Waals surface area contributed by atoms with Crippen molar-refractivity contribution in [1.29, 1.82) is 0 Å². The van der Waals surface area contributed by atoms with Crippen LogP contribution in [0.15, 0.2) is 36.9 Å². The minimum absolute atomic E-state index is 0.0176. The van der Waals surface area contributed by atoms with Crippen molar-refractivity contribution in [2.24, 2.45) is 0 Å². The molecule has 2 aromatic rings. The van der Waals surface area contributed by atoms with E-state index < -0.39 is 12.1 Å². The molecule has 0 atom stereocenters. The Bertz CT molecular complexity index is 665. The number of aromatic nitrogens is 2. The molecule has 0 aliphatic carbocycles. The molecule has 0 saturated carbocycles. The molecule has 21 heavy (non-hydrogen) atoms. The number of nitrogens with zero attached hydrogens (tertiary/aromatic N) is 3. The van der Waals surface area contributed by atoms with Gasteiger partial charge in [0.05, 0.1) is 6.33 Å². The average molecular weight is 295 g/mol. The zero-order chi connectivity index (χ0) is 15.0. The summed E-state index contributed by atoms with van der Waals surface area (Å²) in [7, 11) is 0. The molecule has 0 unspecified atom stereocenters. The van der Waals surface area contributed by atoms with Crippen molar-refractivity contribution in [3.63, 3.8) is 0 Å². The lowest BCUT2D eigenvalue weighted by molar-refractivity contribution is -0.186. The number of benzene rings is 1. The van der Waals surface area contributed by atoms with Gasteiger partial charge in [-0.1, -0.05) is 6.07 Å². The second-order valence-corrected chi connectivity index (χ2v) is 4.90. The molecule has 0 spiro atoms. The molecule has 1 amide bonds. The average Bonchev–Trinajstić information content (AvgIpc) is 2.98. The lowest BCUT2D eigenvalue weighted by Gasteiger charge is -2.29. The Morgan fingerprint density at radius 3 is 2.71 bits per heavy atom. The molecule has 3 rings (SSSR count). The normalized spacial score (nSPS) is 14.9. The summed E-state index contributed by atoms with van der Waals surface area (Å²) in [5.41, 5.74) is 2.53. The van der Waals surface area contributed by atoms with Gasteiger partial charge < -0.3 is 9.47 Å². The number of fused-ring (bicyclic) bond motifs is 1. The summed E-state index contributed by atoms with van der Waals surface area (Å²) in [6.45, 7) is 0.0754. The predicted octanol–water partition coefficient (Wildman–Crippen LogP) is 2.32. The Morgan fingerprint density at radius 2 is 2.05 bits per heavy atom. The Labute approximate surface area is 118 Å². The highest BCUT2D eigenvalue weighted by Crippen LogP contribution is 2.26. The molecule has 1 aliphatic heterocycles. The first-order valence-corrected chi connectivity index (χ1v) is 6.41. The monoisotopic (exact) mass is 295 g/mol. The van der Waals surface area contributed by atoms with E-state index in [2.05, 4.69) is 4.98 Å². The fraction of sp³-hybridized carbons (Fsp3) is 0.286. The summed E-state index contributed by atoms with van der Waals surface area (Å²) in [6.07, 6.45) is 0.603. The third-order valence-corrected chi connectivity index (χ3v) is 3.53. The SMILES string of the molecule is O=C(N1CCc2ccc(-n3ccnc3)cc2C1)C(F)(F)F. The molecule has 4 nitrogen and oxygen atoms in total. The first kappa shape index (κ1) is 13.7. The van der Waals surface area contributed by atoms with Crippen molar-refractivity contribution in [1.82, 2.24) is 14.5 Å². The molecule has 0 saturated heterocycles. The molecular formula is C14H12F3N3O. The smallest absolute Gasteiger partial charge is 0.330 e. The van der Waals surface area contributed by atoms with Gasteiger partial charge in [0, 0.05) is 31.2 Å². The first-order valence-electron chi connectivity index (χ1n) is 6.41. The highest BCUT2D eigenvalue weighted by molar-refractivity contribution is 5.82. The van der Waals surface area contributed by atoms with Crippen LogP contribution in [-0.4, -0.2) is 33.1 Å². The molecule has 1 aliphatic rings. The molecule has 1 aromatic carbocycles. The van der Waals surface area contributed by atoms with Crippen molar-refractivity contribution >= 4 is 5.91 Å². The number of rotatable bonds is 1. The van der Waals surface area contributed by atoms with Gasteiger partial charge in [0.25, 0.3) is 0 Å². The van der Waals surface area contributed by atoms with E-state index in [1.165, 1.54) is 0 Å². The van der Waals surface area contributed by atoms with E-state index in [9.17, 15) is 18.0 Å². The molecule has 0 N–H and O–H groups in total. The largest absolute Gasteiger partial charge is 0.471 e. The number of carbonyl (C=O) groups is 1. The van der Waals surface area contributed by atoms with Crippen LogP contribution in [0.25, 0.3) is 5.69 Å². The summed E-state index contributed by atoms with van der Waals surface area (Å²) in [4.78, 5) is 16.1. The fourth-order valence-corrected chi connectivity index (χ4v) is 2.47. The van der Waals surface area contributed by atoms with E-state index in [0.717, 1.165) is 21.7 Å². The lowest BCUT2D eigenvalue weighted by atomic mass is 9.99. The quantitative estimate of drug-likeness (QED) is 0.810.